The number of benzene rings is 2. The largest absolute Gasteiger partial charge is 0.484 e. The average Bonchev–Trinajstić information content (AvgIpc) is 3.52. The standard InChI is InChI=1S/C37H37ClN4O7/c1-5-39-35-31(47-18-20-12-8-6-9-13-20)26-23(34(38)40-35)16-22-17-24-28(42(2)3)30-27(33(45)37(24,46-4)32(44)25(22)29(26)43)36(41-49-30)48-19-21-14-10-7-11-15-21/h6-15,22,24-25,28H,5,16-19H2,1-4H3,(H,39,40). The lowest BCUT2D eigenvalue weighted by atomic mass is 9.54. The fraction of sp³-hybridized carbons (Fsp3) is 0.378. The van der Waals surface area contributed by atoms with E-state index in [9.17, 15) is 14.4 Å². The molecular weight excluding hydrogens is 648 g/mol. The zero-order chi connectivity index (χ0) is 34.4. The number of halogens is 1. The number of rotatable bonds is 10. The van der Waals surface area contributed by atoms with Crippen LogP contribution in [0.3, 0.4) is 0 Å². The summed E-state index contributed by atoms with van der Waals surface area (Å²) in [5.41, 5.74) is 0.550. The van der Waals surface area contributed by atoms with Crippen LogP contribution in [-0.2, 0) is 29.2 Å². The van der Waals surface area contributed by atoms with Crippen molar-refractivity contribution in [1.29, 1.82) is 0 Å². The number of pyridine rings is 1. The summed E-state index contributed by atoms with van der Waals surface area (Å²) in [6.45, 7) is 2.69. The molecule has 0 spiro atoms. The maximum absolute atomic E-state index is 15.0. The summed E-state index contributed by atoms with van der Waals surface area (Å²) in [5, 5.41) is 7.48. The molecule has 3 aliphatic rings. The highest BCUT2D eigenvalue weighted by Gasteiger charge is 2.68. The second-order valence-corrected chi connectivity index (χ2v) is 13.3. The average molecular weight is 685 g/mol. The normalized spacial score (nSPS) is 24.2. The van der Waals surface area contributed by atoms with E-state index in [1.807, 2.05) is 86.6 Å². The number of aromatic nitrogens is 2. The van der Waals surface area contributed by atoms with Crippen LogP contribution in [0.25, 0.3) is 0 Å². The molecule has 2 aromatic carbocycles. The number of anilines is 1. The Hall–Kier alpha value is -4.58. The predicted molar refractivity (Wildman–Crippen MR) is 180 cm³/mol. The highest BCUT2D eigenvalue weighted by Crippen LogP contribution is 2.57. The molecule has 254 valence electrons. The molecule has 12 heteroatoms. The van der Waals surface area contributed by atoms with Crippen molar-refractivity contribution in [3.05, 3.63) is 99.4 Å². The van der Waals surface area contributed by atoms with Gasteiger partial charge in [-0.05, 0) is 56.1 Å². The fourth-order valence-corrected chi connectivity index (χ4v) is 8.11. The number of Topliss-reactive ketones (excluding diaryl/α,β-unsaturated/α-hetero) is 3. The van der Waals surface area contributed by atoms with E-state index < -0.39 is 46.7 Å². The Bertz CT molecular complexity index is 1910. The SMILES string of the molecule is CCNc1nc(Cl)c2c(c1OCc1ccccc1)C(=O)C1C(=O)C3(OC)C(=O)c4c(OCc5ccccc5)noc4C(N(C)C)C3CC1C2. The summed E-state index contributed by atoms with van der Waals surface area (Å²) < 4.78 is 24.2. The number of ketones is 3. The molecule has 5 atom stereocenters. The summed E-state index contributed by atoms with van der Waals surface area (Å²) in [4.78, 5) is 50.9. The quantitative estimate of drug-likeness (QED) is 0.162. The van der Waals surface area contributed by atoms with Crippen molar-refractivity contribution in [3.63, 3.8) is 0 Å². The Kier molecular flexibility index (Phi) is 8.76. The molecule has 0 saturated heterocycles. The van der Waals surface area contributed by atoms with Gasteiger partial charge in [-0.2, -0.15) is 0 Å². The van der Waals surface area contributed by atoms with E-state index in [0.29, 0.717) is 30.1 Å². The second-order valence-electron chi connectivity index (χ2n) is 12.9. The fourth-order valence-electron chi connectivity index (χ4n) is 7.85. The van der Waals surface area contributed by atoms with Crippen LogP contribution in [0, 0.1) is 17.8 Å². The minimum atomic E-state index is -1.99. The van der Waals surface area contributed by atoms with E-state index >= 15 is 0 Å². The topological polar surface area (TPSA) is 133 Å². The van der Waals surface area contributed by atoms with Crippen LogP contribution in [0.15, 0.2) is 65.2 Å². The lowest BCUT2D eigenvalue weighted by Gasteiger charge is -2.52. The Morgan fingerprint density at radius 3 is 2.24 bits per heavy atom. The summed E-state index contributed by atoms with van der Waals surface area (Å²) in [7, 11) is 5.03. The van der Waals surface area contributed by atoms with Gasteiger partial charge in [0.15, 0.2) is 34.5 Å². The van der Waals surface area contributed by atoms with Crippen molar-refractivity contribution < 1.29 is 33.1 Å². The Morgan fingerprint density at radius 2 is 1.63 bits per heavy atom. The Labute approximate surface area is 288 Å². The third kappa shape index (κ3) is 5.31. The van der Waals surface area contributed by atoms with Gasteiger partial charge in [-0.15, -0.1) is 0 Å². The van der Waals surface area contributed by atoms with E-state index in [4.69, 9.17) is 30.3 Å². The summed E-state index contributed by atoms with van der Waals surface area (Å²) in [6.07, 6.45) is 0.590. The Balaban J connectivity index is 1.30. The van der Waals surface area contributed by atoms with Gasteiger partial charge in [-0.1, -0.05) is 72.3 Å². The molecule has 0 radical (unpaired) electrons. The minimum absolute atomic E-state index is 0.0226. The molecule has 1 fully saturated rings. The van der Waals surface area contributed by atoms with Crippen molar-refractivity contribution in [2.24, 2.45) is 17.8 Å². The third-order valence-electron chi connectivity index (χ3n) is 9.97. The highest BCUT2D eigenvalue weighted by molar-refractivity contribution is 6.32. The molecule has 3 aliphatic carbocycles. The molecule has 0 aliphatic heterocycles. The maximum atomic E-state index is 15.0. The van der Waals surface area contributed by atoms with Gasteiger partial charge in [-0.25, -0.2) is 4.98 Å². The minimum Gasteiger partial charge on any atom is -0.484 e. The molecular formula is C37H37ClN4O7. The van der Waals surface area contributed by atoms with Gasteiger partial charge >= 0.3 is 0 Å². The predicted octanol–water partition coefficient (Wildman–Crippen LogP) is 5.76. The number of ether oxygens (including phenoxy) is 3. The summed E-state index contributed by atoms with van der Waals surface area (Å²) in [5.74, 6) is -3.21. The number of carbonyl (C=O) groups excluding carboxylic acids is 3. The molecule has 5 unspecified atom stereocenters. The summed E-state index contributed by atoms with van der Waals surface area (Å²) in [6, 6.07) is 18.4. The molecule has 49 heavy (non-hydrogen) atoms. The van der Waals surface area contributed by atoms with E-state index in [1.54, 1.807) is 0 Å². The van der Waals surface area contributed by atoms with Gasteiger partial charge < -0.3 is 24.1 Å². The highest BCUT2D eigenvalue weighted by atomic mass is 35.5. The van der Waals surface area contributed by atoms with Crippen molar-refractivity contribution in [1.82, 2.24) is 15.0 Å². The van der Waals surface area contributed by atoms with Crippen molar-refractivity contribution in [2.45, 2.75) is 44.6 Å². The molecule has 1 N–H and O–H groups in total. The zero-order valence-electron chi connectivity index (χ0n) is 27.7. The van der Waals surface area contributed by atoms with Crippen LogP contribution in [0.2, 0.25) is 5.15 Å². The first-order valence-electron chi connectivity index (χ1n) is 16.3. The lowest BCUT2D eigenvalue weighted by molar-refractivity contribution is -0.159. The van der Waals surface area contributed by atoms with Gasteiger partial charge in [0.2, 0.25) is 5.78 Å². The van der Waals surface area contributed by atoms with Crippen molar-refractivity contribution >= 4 is 34.8 Å². The van der Waals surface area contributed by atoms with E-state index in [1.165, 1.54) is 7.11 Å². The zero-order valence-corrected chi connectivity index (χ0v) is 28.5. The molecule has 0 bridgehead atoms. The molecule has 1 saturated carbocycles. The van der Waals surface area contributed by atoms with Gasteiger partial charge in [0, 0.05) is 25.1 Å². The maximum Gasteiger partial charge on any atom is 0.265 e. The van der Waals surface area contributed by atoms with Crippen LogP contribution in [0.1, 0.15) is 62.6 Å². The number of carbonyl (C=O) groups is 3. The van der Waals surface area contributed by atoms with Crippen LogP contribution in [-0.4, -0.2) is 65.7 Å². The molecule has 2 heterocycles. The first-order valence-corrected chi connectivity index (χ1v) is 16.7. The number of hydrogen-bond acceptors (Lipinski definition) is 11. The third-order valence-corrected chi connectivity index (χ3v) is 10.3. The molecule has 7 rings (SSSR count). The smallest absolute Gasteiger partial charge is 0.265 e. The van der Waals surface area contributed by atoms with E-state index in [0.717, 1.165) is 11.1 Å². The molecule has 11 nitrogen and oxygen atoms in total. The van der Waals surface area contributed by atoms with Crippen molar-refractivity contribution in [2.75, 3.05) is 33.1 Å². The first-order chi connectivity index (χ1) is 23.7. The molecule has 2 aromatic heterocycles. The summed E-state index contributed by atoms with van der Waals surface area (Å²) >= 11 is 6.78. The van der Waals surface area contributed by atoms with Crippen LogP contribution >= 0.6 is 11.6 Å². The first kappa shape index (κ1) is 32.9. The second kappa shape index (κ2) is 13.0. The van der Waals surface area contributed by atoms with E-state index in [-0.39, 0.29) is 47.5 Å². The number of methoxy groups -OCH3 is 1. The van der Waals surface area contributed by atoms with Gasteiger partial charge in [0.1, 0.15) is 23.9 Å². The van der Waals surface area contributed by atoms with E-state index in [2.05, 4.69) is 15.5 Å². The number of fused-ring (bicyclic) bond motifs is 4. The number of hydrogen-bond donors (Lipinski definition) is 1. The van der Waals surface area contributed by atoms with Crippen molar-refractivity contribution in [3.8, 4) is 11.6 Å². The molecule has 0 amide bonds. The number of nitrogens with one attached hydrogen (secondary N) is 1. The lowest BCUT2D eigenvalue weighted by Crippen LogP contribution is -2.67. The molecule has 4 aromatic rings. The number of nitrogens with zero attached hydrogens (tertiary/aromatic N) is 3. The van der Waals surface area contributed by atoms with Crippen LogP contribution in [0.4, 0.5) is 5.82 Å². The van der Waals surface area contributed by atoms with Crippen LogP contribution < -0.4 is 14.8 Å². The Morgan fingerprint density at radius 1 is 0.980 bits per heavy atom. The monoisotopic (exact) mass is 684 g/mol. The van der Waals surface area contributed by atoms with Gasteiger partial charge in [0.25, 0.3) is 5.88 Å². The van der Waals surface area contributed by atoms with Gasteiger partial charge in [-0.3, -0.25) is 19.3 Å². The van der Waals surface area contributed by atoms with Gasteiger partial charge in [0.05, 0.1) is 17.5 Å². The van der Waals surface area contributed by atoms with Crippen LogP contribution in [0.5, 0.6) is 11.6 Å².